The molecule has 0 radical (unpaired) electrons. The van der Waals surface area contributed by atoms with Gasteiger partial charge < -0.3 is 20.9 Å². The Morgan fingerprint density at radius 3 is 2.84 bits per heavy atom. The van der Waals surface area contributed by atoms with Crippen molar-refractivity contribution in [1.82, 2.24) is 25.0 Å². The van der Waals surface area contributed by atoms with Crippen LogP contribution < -0.4 is 21.9 Å². The highest BCUT2D eigenvalue weighted by molar-refractivity contribution is 7.19. The van der Waals surface area contributed by atoms with Crippen LogP contribution in [0.4, 0.5) is 15.9 Å². The molecular formula is C31H28FN7O3S. The van der Waals surface area contributed by atoms with E-state index in [1.165, 1.54) is 28.2 Å². The van der Waals surface area contributed by atoms with Gasteiger partial charge >= 0.3 is 0 Å². The molecule has 1 aliphatic carbocycles. The van der Waals surface area contributed by atoms with Crippen LogP contribution in [0.2, 0.25) is 0 Å². The minimum atomic E-state index is -0.677. The number of pyridine rings is 1. The number of nitrogens with two attached hydrogens (primary N) is 1. The van der Waals surface area contributed by atoms with E-state index >= 15 is 0 Å². The number of hydrogen-bond donors (Lipinski definition) is 3. The second-order valence-corrected chi connectivity index (χ2v) is 12.0. The maximum Gasteiger partial charge on any atom is 0.277 e. The number of nitrogen functional groups attached to an aromatic ring is 1. The van der Waals surface area contributed by atoms with Gasteiger partial charge in [-0.25, -0.2) is 14.4 Å². The Balaban J connectivity index is 1.13. The van der Waals surface area contributed by atoms with Crippen LogP contribution in [0, 0.1) is 12.7 Å². The minimum absolute atomic E-state index is 0.229. The topological polar surface area (TPSA) is 141 Å². The van der Waals surface area contributed by atoms with Gasteiger partial charge in [0.15, 0.2) is 5.76 Å². The molecule has 218 valence electrons. The molecule has 2 aliphatic rings. The third-order valence-electron chi connectivity index (χ3n) is 8.04. The number of carbonyl (C=O) groups is 1. The van der Waals surface area contributed by atoms with Crippen LogP contribution in [0.15, 0.2) is 63.7 Å². The molecule has 0 saturated heterocycles. The molecule has 0 spiro atoms. The molecule has 4 aromatic heterocycles. The summed E-state index contributed by atoms with van der Waals surface area (Å²) < 4.78 is 22.8. The van der Waals surface area contributed by atoms with E-state index in [1.54, 1.807) is 18.3 Å². The number of aromatic nitrogens is 4. The molecule has 1 saturated carbocycles. The van der Waals surface area contributed by atoms with Crippen molar-refractivity contribution in [2.75, 3.05) is 11.1 Å². The number of amides is 1. The molecule has 4 N–H and O–H groups in total. The molecule has 7 rings (SSSR count). The molecular weight excluding hydrogens is 569 g/mol. The minimum Gasteiger partial charge on any atom is -0.384 e. The average molecular weight is 598 g/mol. The van der Waals surface area contributed by atoms with Gasteiger partial charge in [0.25, 0.3) is 5.56 Å². The molecule has 1 amide bonds. The van der Waals surface area contributed by atoms with Crippen LogP contribution in [-0.2, 0) is 17.8 Å². The van der Waals surface area contributed by atoms with Crippen LogP contribution in [0.5, 0.6) is 0 Å². The zero-order valence-corrected chi connectivity index (χ0v) is 24.1. The number of benzene rings is 1. The van der Waals surface area contributed by atoms with E-state index in [9.17, 15) is 14.0 Å². The van der Waals surface area contributed by atoms with Gasteiger partial charge in [0.2, 0.25) is 5.91 Å². The number of aryl methyl sites for hydroxylation is 2. The largest absolute Gasteiger partial charge is 0.384 e. The fourth-order valence-corrected chi connectivity index (χ4v) is 6.67. The Morgan fingerprint density at radius 2 is 2.05 bits per heavy atom. The molecule has 1 aromatic carbocycles. The molecule has 5 heterocycles. The Hall–Kier alpha value is -4.84. The van der Waals surface area contributed by atoms with Gasteiger partial charge in [-0.15, -0.1) is 11.3 Å². The van der Waals surface area contributed by atoms with Crippen molar-refractivity contribution in [3.63, 3.8) is 0 Å². The standard InChI is InChI=1S/C31H28FN7O3S/c1-16-4-2-7-20(32)28(16)21-11-24(42-38-21)29(17-5-3-6-17)37-22-15-35-27-9-8-23(39(27)31(22)41)30(40)36-14-19-10-18-13-34-26(33)12-25(18)43-19/h2,4,7,10-13,15,23,37H,3,5-6,8-9,14H2,1H3,(H2,33,34)(H,36,40). The van der Waals surface area contributed by atoms with Crippen LogP contribution in [0.3, 0.4) is 0 Å². The van der Waals surface area contributed by atoms with Crippen molar-refractivity contribution < 1.29 is 13.7 Å². The third kappa shape index (κ3) is 4.97. The van der Waals surface area contributed by atoms with Crippen molar-refractivity contribution in [3.8, 4) is 11.3 Å². The number of thiophene rings is 1. The quantitative estimate of drug-likeness (QED) is 0.228. The first-order valence-electron chi connectivity index (χ1n) is 14.1. The maximum atomic E-state index is 14.6. The van der Waals surface area contributed by atoms with Crippen molar-refractivity contribution >= 4 is 44.5 Å². The molecule has 5 aromatic rings. The number of carbonyl (C=O) groups excluding carboxylic acids is 1. The maximum absolute atomic E-state index is 14.6. The highest BCUT2D eigenvalue weighted by atomic mass is 32.1. The number of halogens is 1. The summed E-state index contributed by atoms with van der Waals surface area (Å²) in [6.45, 7) is 2.14. The summed E-state index contributed by atoms with van der Waals surface area (Å²) in [4.78, 5) is 36.7. The summed E-state index contributed by atoms with van der Waals surface area (Å²) in [6, 6.07) is 9.65. The Labute approximate surface area is 249 Å². The lowest BCUT2D eigenvalue weighted by Crippen LogP contribution is -2.36. The van der Waals surface area contributed by atoms with Gasteiger partial charge in [0, 0.05) is 39.2 Å². The first kappa shape index (κ1) is 27.0. The summed E-state index contributed by atoms with van der Waals surface area (Å²) in [6.07, 6.45) is 6.90. The molecule has 12 heteroatoms. The zero-order valence-electron chi connectivity index (χ0n) is 23.3. The lowest BCUT2D eigenvalue weighted by Gasteiger charge is -2.22. The van der Waals surface area contributed by atoms with Gasteiger partial charge in [-0.05, 0) is 61.9 Å². The van der Waals surface area contributed by atoms with E-state index in [4.69, 9.17) is 10.3 Å². The summed E-state index contributed by atoms with van der Waals surface area (Å²) in [7, 11) is 0. The van der Waals surface area contributed by atoms with Crippen molar-refractivity contribution in [2.45, 2.75) is 51.6 Å². The fraction of sp³-hybridized carbons (Fsp3) is 0.258. The van der Waals surface area contributed by atoms with Gasteiger partial charge in [-0.2, -0.15) is 0 Å². The van der Waals surface area contributed by atoms with Crippen LogP contribution in [0.1, 0.15) is 53.8 Å². The number of hydrogen-bond acceptors (Lipinski definition) is 9. The lowest BCUT2D eigenvalue weighted by molar-refractivity contribution is -0.124. The normalized spacial score (nSPS) is 15.8. The molecule has 1 aliphatic heterocycles. The summed E-state index contributed by atoms with van der Waals surface area (Å²) >= 11 is 1.54. The third-order valence-corrected chi connectivity index (χ3v) is 9.14. The number of fused-ring (bicyclic) bond motifs is 2. The van der Waals surface area contributed by atoms with E-state index < -0.39 is 6.04 Å². The number of rotatable bonds is 7. The van der Waals surface area contributed by atoms with E-state index in [2.05, 4.69) is 25.8 Å². The SMILES string of the molecule is Cc1cccc(F)c1-c1cc(C(Nc2cnc3n(c2=O)C(C(=O)NCc2cc4cnc(N)cc4s2)CC3)=C2CCC2)on1. The lowest BCUT2D eigenvalue weighted by atomic mass is 9.89. The second-order valence-electron chi connectivity index (χ2n) is 10.9. The van der Waals surface area contributed by atoms with E-state index in [0.29, 0.717) is 53.7 Å². The van der Waals surface area contributed by atoms with Gasteiger partial charge in [0.05, 0.1) is 18.4 Å². The predicted molar refractivity (Wildman–Crippen MR) is 163 cm³/mol. The molecule has 1 unspecified atom stereocenters. The average Bonchev–Trinajstić information content (AvgIpc) is 3.70. The van der Waals surface area contributed by atoms with Crippen LogP contribution in [-0.4, -0.2) is 25.6 Å². The zero-order chi connectivity index (χ0) is 29.7. The van der Waals surface area contributed by atoms with Crippen molar-refractivity contribution in [1.29, 1.82) is 0 Å². The molecule has 0 bridgehead atoms. The molecule has 43 heavy (non-hydrogen) atoms. The smallest absolute Gasteiger partial charge is 0.277 e. The molecule has 1 atom stereocenters. The predicted octanol–water partition coefficient (Wildman–Crippen LogP) is 5.35. The Bertz CT molecular complexity index is 1970. The Kier molecular flexibility index (Phi) is 6.77. The van der Waals surface area contributed by atoms with Crippen LogP contribution in [0.25, 0.3) is 27.0 Å². The summed E-state index contributed by atoms with van der Waals surface area (Å²) in [5, 5.41) is 11.3. The first-order chi connectivity index (χ1) is 20.9. The summed E-state index contributed by atoms with van der Waals surface area (Å²) in [5.41, 5.74) is 8.88. The van der Waals surface area contributed by atoms with E-state index in [0.717, 1.165) is 45.4 Å². The van der Waals surface area contributed by atoms with E-state index in [-0.39, 0.29) is 23.0 Å². The van der Waals surface area contributed by atoms with E-state index in [1.807, 2.05) is 25.1 Å². The van der Waals surface area contributed by atoms with Crippen molar-refractivity contribution in [2.24, 2.45) is 0 Å². The first-order valence-corrected chi connectivity index (χ1v) is 14.9. The van der Waals surface area contributed by atoms with Gasteiger partial charge in [0.1, 0.15) is 34.9 Å². The number of allylic oxidation sites excluding steroid dienone is 1. The number of anilines is 2. The monoisotopic (exact) mass is 597 g/mol. The molecule has 10 nitrogen and oxygen atoms in total. The van der Waals surface area contributed by atoms with Gasteiger partial charge in [-0.3, -0.25) is 14.2 Å². The highest BCUT2D eigenvalue weighted by Crippen LogP contribution is 2.36. The fourth-order valence-electron chi connectivity index (χ4n) is 5.65. The summed E-state index contributed by atoms with van der Waals surface area (Å²) in [5.74, 6) is 0.794. The number of nitrogens with one attached hydrogen (secondary N) is 2. The second kappa shape index (κ2) is 10.8. The van der Waals surface area contributed by atoms with Gasteiger partial charge in [-0.1, -0.05) is 17.3 Å². The Morgan fingerprint density at radius 1 is 1.19 bits per heavy atom. The molecule has 1 fully saturated rings. The van der Waals surface area contributed by atoms with Crippen molar-refractivity contribution in [3.05, 3.63) is 92.6 Å². The van der Waals surface area contributed by atoms with Crippen LogP contribution >= 0.6 is 11.3 Å². The highest BCUT2D eigenvalue weighted by Gasteiger charge is 2.32. The number of nitrogens with zero attached hydrogens (tertiary/aromatic N) is 4.